The SMILES string of the molecule is c1cc2c3c(cccc3c1)-c1cc(-c3c4ccccc4c(-c4cccc5oc6ccccc6c45)c4ccccc34)ccc1S2. The molecule has 2 heterocycles. The lowest BCUT2D eigenvalue weighted by Gasteiger charge is -2.22. The van der Waals surface area contributed by atoms with E-state index >= 15 is 0 Å². The number of hydrogen-bond donors (Lipinski definition) is 0. The molecule has 1 aliphatic heterocycles. The second-order valence-electron chi connectivity index (χ2n) is 11.6. The minimum Gasteiger partial charge on any atom is -0.456 e. The van der Waals surface area contributed by atoms with Crippen LogP contribution in [0.1, 0.15) is 0 Å². The Morgan fingerprint density at radius 1 is 0.386 bits per heavy atom. The number of para-hydroxylation sites is 1. The predicted molar refractivity (Wildman–Crippen MR) is 187 cm³/mol. The van der Waals surface area contributed by atoms with Gasteiger partial charge in [-0.25, -0.2) is 0 Å². The van der Waals surface area contributed by atoms with E-state index in [4.69, 9.17) is 4.42 Å². The van der Waals surface area contributed by atoms with Crippen LogP contribution in [0.4, 0.5) is 0 Å². The summed E-state index contributed by atoms with van der Waals surface area (Å²) in [6.07, 6.45) is 0. The molecule has 0 radical (unpaired) electrons. The zero-order valence-electron chi connectivity index (χ0n) is 23.7. The first-order valence-corrected chi connectivity index (χ1v) is 15.8. The lowest BCUT2D eigenvalue weighted by molar-refractivity contribution is 0.669. The molecule has 0 atom stereocenters. The Hall–Kier alpha value is -5.31. The Bertz CT molecular complexity index is 2580. The molecular weight excluding hydrogens is 553 g/mol. The fourth-order valence-corrected chi connectivity index (χ4v) is 8.56. The lowest BCUT2D eigenvalue weighted by atomic mass is 9.84. The Balaban J connectivity index is 1.30. The number of rotatable bonds is 2. The molecule has 1 aromatic heterocycles. The highest BCUT2D eigenvalue weighted by molar-refractivity contribution is 7.99. The first kappa shape index (κ1) is 24.2. The fourth-order valence-electron chi connectivity index (χ4n) is 7.43. The van der Waals surface area contributed by atoms with Crippen LogP contribution >= 0.6 is 11.8 Å². The van der Waals surface area contributed by atoms with Gasteiger partial charge in [0.05, 0.1) is 0 Å². The monoisotopic (exact) mass is 576 g/mol. The van der Waals surface area contributed by atoms with Crippen LogP contribution in [0.5, 0.6) is 0 Å². The predicted octanol–water partition coefficient (Wildman–Crippen LogP) is 12.5. The van der Waals surface area contributed by atoms with E-state index in [-0.39, 0.29) is 0 Å². The summed E-state index contributed by atoms with van der Waals surface area (Å²) in [6.45, 7) is 0. The van der Waals surface area contributed by atoms with Crippen LogP contribution in [0.15, 0.2) is 160 Å². The van der Waals surface area contributed by atoms with E-state index in [1.54, 1.807) is 0 Å². The van der Waals surface area contributed by atoms with Crippen molar-refractivity contribution in [2.24, 2.45) is 0 Å². The second kappa shape index (κ2) is 9.09. The van der Waals surface area contributed by atoms with Gasteiger partial charge in [-0.1, -0.05) is 127 Å². The summed E-state index contributed by atoms with van der Waals surface area (Å²) in [5, 5.41) is 9.98. The van der Waals surface area contributed by atoms with Crippen LogP contribution in [0.2, 0.25) is 0 Å². The van der Waals surface area contributed by atoms with Gasteiger partial charge in [-0.05, 0) is 90.6 Å². The summed E-state index contributed by atoms with van der Waals surface area (Å²) in [4.78, 5) is 2.64. The van der Waals surface area contributed by atoms with Crippen molar-refractivity contribution in [2.45, 2.75) is 9.79 Å². The maximum atomic E-state index is 6.33. The van der Waals surface area contributed by atoms with Gasteiger partial charge in [0.1, 0.15) is 11.2 Å². The first-order valence-electron chi connectivity index (χ1n) is 15.0. The quantitative estimate of drug-likeness (QED) is 0.190. The van der Waals surface area contributed by atoms with Crippen molar-refractivity contribution >= 4 is 66.0 Å². The summed E-state index contributed by atoms with van der Waals surface area (Å²) < 4.78 is 6.33. The molecule has 204 valence electrons. The van der Waals surface area contributed by atoms with Gasteiger partial charge < -0.3 is 4.42 Å². The van der Waals surface area contributed by atoms with E-state index in [0.717, 1.165) is 16.6 Å². The number of furan rings is 1. The summed E-state index contributed by atoms with van der Waals surface area (Å²) >= 11 is 1.88. The molecule has 8 aromatic carbocycles. The molecule has 0 N–H and O–H groups in total. The van der Waals surface area contributed by atoms with Crippen LogP contribution in [-0.2, 0) is 0 Å². The highest BCUT2D eigenvalue weighted by Gasteiger charge is 2.23. The van der Waals surface area contributed by atoms with E-state index in [1.807, 2.05) is 17.8 Å². The van der Waals surface area contributed by atoms with Gasteiger partial charge in [-0.2, -0.15) is 0 Å². The van der Waals surface area contributed by atoms with Crippen molar-refractivity contribution in [3.8, 4) is 33.4 Å². The second-order valence-corrected chi connectivity index (χ2v) is 12.7. The standard InChI is InChI=1S/C42H24OS/c1-3-14-29-27(12-1)39(26-22-23-37-34(24-26)31-17-7-10-25-11-8-21-38(44-37)40(25)31)28-13-2-4-15-30(28)41(29)33-18-9-20-36-42(33)32-16-5-6-19-35(32)43-36/h1-24H. The summed E-state index contributed by atoms with van der Waals surface area (Å²) in [7, 11) is 0. The molecule has 0 unspecified atom stereocenters. The average Bonchev–Trinajstić information content (AvgIpc) is 3.47. The van der Waals surface area contributed by atoms with Crippen molar-refractivity contribution in [1.82, 2.24) is 0 Å². The van der Waals surface area contributed by atoms with Gasteiger partial charge in [-0.3, -0.25) is 0 Å². The molecule has 9 aromatic rings. The topological polar surface area (TPSA) is 13.1 Å². The summed E-state index contributed by atoms with van der Waals surface area (Å²) in [5.41, 5.74) is 9.45. The Morgan fingerprint density at radius 3 is 1.77 bits per heavy atom. The zero-order chi connectivity index (χ0) is 28.8. The molecular formula is C42H24OS. The largest absolute Gasteiger partial charge is 0.456 e. The third-order valence-electron chi connectivity index (χ3n) is 9.25. The normalized spacial score (nSPS) is 12.5. The zero-order valence-corrected chi connectivity index (χ0v) is 24.5. The molecule has 2 heteroatoms. The van der Waals surface area contributed by atoms with Gasteiger partial charge in [0.2, 0.25) is 0 Å². The van der Waals surface area contributed by atoms with Crippen LogP contribution in [0, 0.1) is 0 Å². The molecule has 44 heavy (non-hydrogen) atoms. The molecule has 0 amide bonds. The first-order chi connectivity index (χ1) is 21.8. The molecule has 10 rings (SSSR count). The van der Waals surface area contributed by atoms with Crippen LogP contribution in [0.3, 0.4) is 0 Å². The molecule has 1 aliphatic rings. The summed E-state index contributed by atoms with van der Waals surface area (Å²) in [5.74, 6) is 0. The van der Waals surface area contributed by atoms with Crippen LogP contribution in [-0.4, -0.2) is 0 Å². The third kappa shape index (κ3) is 3.32. The molecule has 0 aliphatic carbocycles. The average molecular weight is 577 g/mol. The van der Waals surface area contributed by atoms with E-state index < -0.39 is 0 Å². The lowest BCUT2D eigenvalue weighted by Crippen LogP contribution is -1.95. The molecule has 0 bridgehead atoms. The number of benzene rings is 8. The van der Waals surface area contributed by atoms with Crippen molar-refractivity contribution in [3.05, 3.63) is 146 Å². The van der Waals surface area contributed by atoms with Gasteiger partial charge in [0, 0.05) is 25.9 Å². The molecule has 0 saturated heterocycles. The third-order valence-corrected chi connectivity index (χ3v) is 10.4. The highest BCUT2D eigenvalue weighted by atomic mass is 32.2. The molecule has 0 spiro atoms. The van der Waals surface area contributed by atoms with Gasteiger partial charge in [-0.15, -0.1) is 0 Å². The van der Waals surface area contributed by atoms with E-state index in [0.29, 0.717) is 0 Å². The summed E-state index contributed by atoms with van der Waals surface area (Å²) in [6, 6.07) is 53.0. The van der Waals surface area contributed by atoms with Crippen LogP contribution in [0.25, 0.3) is 87.6 Å². The van der Waals surface area contributed by atoms with Crippen molar-refractivity contribution < 1.29 is 4.42 Å². The molecule has 1 nitrogen and oxygen atoms in total. The minimum atomic E-state index is 0.919. The van der Waals surface area contributed by atoms with Gasteiger partial charge in [0.25, 0.3) is 0 Å². The molecule has 0 saturated carbocycles. The fraction of sp³-hybridized carbons (Fsp3) is 0. The van der Waals surface area contributed by atoms with E-state index in [2.05, 4.69) is 140 Å². The highest BCUT2D eigenvalue weighted by Crippen LogP contribution is 2.51. The minimum absolute atomic E-state index is 0.919. The van der Waals surface area contributed by atoms with Crippen molar-refractivity contribution in [3.63, 3.8) is 0 Å². The maximum Gasteiger partial charge on any atom is 0.136 e. The van der Waals surface area contributed by atoms with E-state index in [1.165, 1.54) is 80.9 Å². The van der Waals surface area contributed by atoms with E-state index in [9.17, 15) is 0 Å². The molecule has 0 fully saturated rings. The maximum absolute atomic E-state index is 6.33. The smallest absolute Gasteiger partial charge is 0.136 e. The van der Waals surface area contributed by atoms with Gasteiger partial charge >= 0.3 is 0 Å². The van der Waals surface area contributed by atoms with Crippen molar-refractivity contribution in [2.75, 3.05) is 0 Å². The van der Waals surface area contributed by atoms with Gasteiger partial charge in [0.15, 0.2) is 0 Å². The Kier molecular flexibility index (Phi) is 5.00. The number of hydrogen-bond acceptors (Lipinski definition) is 2. The Labute approximate surface area is 258 Å². The van der Waals surface area contributed by atoms with Crippen LogP contribution < -0.4 is 0 Å². The number of fused-ring (bicyclic) bond motifs is 7. The van der Waals surface area contributed by atoms with Crippen molar-refractivity contribution in [1.29, 1.82) is 0 Å². The Morgan fingerprint density at radius 2 is 1.00 bits per heavy atom.